The summed E-state index contributed by atoms with van der Waals surface area (Å²) in [5.41, 5.74) is -0.608. The molecule has 0 unspecified atom stereocenters. The van der Waals surface area contributed by atoms with E-state index in [0.29, 0.717) is 0 Å². The molecule has 5 heteroatoms. The maximum Gasteiger partial charge on any atom is 0.408 e. The van der Waals surface area contributed by atoms with Crippen LogP contribution in [0, 0.1) is 0 Å². The van der Waals surface area contributed by atoms with Gasteiger partial charge in [0, 0.05) is 0 Å². The molecule has 0 spiro atoms. The zero-order valence-electron chi connectivity index (χ0n) is 9.36. The number of carbonyl (C=O) groups excluding carboxylic acids is 1. The summed E-state index contributed by atoms with van der Waals surface area (Å²) in [5.74, 6) is 0. The maximum atomic E-state index is 11.3. The van der Waals surface area contributed by atoms with Gasteiger partial charge in [0.15, 0.2) is 0 Å². The summed E-state index contributed by atoms with van der Waals surface area (Å²) in [6, 6.07) is -0.794. The summed E-state index contributed by atoms with van der Waals surface area (Å²) in [6.45, 7) is 8.16. The molecule has 0 aliphatic heterocycles. The van der Waals surface area contributed by atoms with E-state index in [2.05, 4.69) is 11.9 Å². The second-order valence-corrected chi connectivity index (χ2v) is 4.16. The van der Waals surface area contributed by atoms with Gasteiger partial charge in [-0.05, 0) is 20.8 Å². The molecule has 0 aromatic carbocycles. The first-order valence-electron chi connectivity index (χ1n) is 4.71. The lowest BCUT2D eigenvalue weighted by molar-refractivity contribution is 0.0406. The van der Waals surface area contributed by atoms with Crippen LogP contribution in [0.4, 0.5) is 4.79 Å². The van der Waals surface area contributed by atoms with Crippen LogP contribution in [0.5, 0.6) is 0 Å². The number of hydrogen-bond donors (Lipinski definition) is 3. The molecule has 0 saturated carbocycles. The highest BCUT2D eigenvalue weighted by Gasteiger charge is 2.22. The number of aliphatic hydroxyl groups excluding tert-OH is 2. The number of amides is 1. The monoisotopic (exact) mass is 217 g/mol. The fourth-order valence-corrected chi connectivity index (χ4v) is 0.862. The minimum Gasteiger partial charge on any atom is -0.444 e. The van der Waals surface area contributed by atoms with Crippen molar-refractivity contribution in [1.82, 2.24) is 5.32 Å². The van der Waals surface area contributed by atoms with Crippen molar-refractivity contribution in [3.05, 3.63) is 12.7 Å². The van der Waals surface area contributed by atoms with E-state index in [1.807, 2.05) is 0 Å². The molecule has 1 amide bonds. The molecular weight excluding hydrogens is 198 g/mol. The van der Waals surface area contributed by atoms with Gasteiger partial charge in [-0.2, -0.15) is 0 Å². The number of hydrogen-bond acceptors (Lipinski definition) is 4. The molecule has 5 nitrogen and oxygen atoms in total. The molecule has 88 valence electrons. The van der Waals surface area contributed by atoms with E-state index in [9.17, 15) is 9.90 Å². The van der Waals surface area contributed by atoms with Gasteiger partial charge in [-0.3, -0.25) is 0 Å². The summed E-state index contributed by atoms with van der Waals surface area (Å²) in [6.07, 6.45) is -0.442. The summed E-state index contributed by atoms with van der Waals surface area (Å²) >= 11 is 0. The molecular formula is C10H19NO4. The molecule has 0 rings (SSSR count). The minimum absolute atomic E-state index is 0.383. The van der Waals surface area contributed by atoms with E-state index in [1.165, 1.54) is 6.08 Å². The largest absolute Gasteiger partial charge is 0.444 e. The van der Waals surface area contributed by atoms with Crippen LogP contribution in [0.25, 0.3) is 0 Å². The van der Waals surface area contributed by atoms with Crippen molar-refractivity contribution >= 4 is 6.09 Å². The van der Waals surface area contributed by atoms with Gasteiger partial charge in [0.05, 0.1) is 18.8 Å². The van der Waals surface area contributed by atoms with Crippen molar-refractivity contribution in [3.8, 4) is 0 Å². The lowest BCUT2D eigenvalue weighted by Gasteiger charge is -2.24. The van der Waals surface area contributed by atoms with Crippen LogP contribution >= 0.6 is 0 Å². The minimum atomic E-state index is -0.998. The van der Waals surface area contributed by atoms with Gasteiger partial charge in [-0.1, -0.05) is 6.08 Å². The Kier molecular flexibility index (Phi) is 5.32. The Morgan fingerprint density at radius 2 is 2.13 bits per heavy atom. The van der Waals surface area contributed by atoms with Crippen molar-refractivity contribution < 1.29 is 19.7 Å². The van der Waals surface area contributed by atoms with Crippen LogP contribution in [0.2, 0.25) is 0 Å². The molecule has 2 atom stereocenters. The van der Waals surface area contributed by atoms with Crippen LogP contribution < -0.4 is 5.32 Å². The highest BCUT2D eigenvalue weighted by molar-refractivity contribution is 5.68. The Labute approximate surface area is 89.7 Å². The molecule has 0 aromatic heterocycles. The van der Waals surface area contributed by atoms with Gasteiger partial charge < -0.3 is 20.3 Å². The third-order valence-corrected chi connectivity index (χ3v) is 1.55. The normalized spacial score (nSPS) is 15.3. The molecule has 0 aliphatic carbocycles. The third-order valence-electron chi connectivity index (χ3n) is 1.55. The van der Waals surface area contributed by atoms with Gasteiger partial charge in [0.1, 0.15) is 5.60 Å². The zero-order valence-corrected chi connectivity index (χ0v) is 9.36. The zero-order chi connectivity index (χ0) is 12.1. The summed E-state index contributed by atoms with van der Waals surface area (Å²) < 4.78 is 4.96. The number of alkyl carbamates (subject to hydrolysis) is 1. The lowest BCUT2D eigenvalue weighted by Crippen LogP contribution is -2.46. The van der Waals surface area contributed by atoms with E-state index in [1.54, 1.807) is 20.8 Å². The molecule has 0 heterocycles. The van der Waals surface area contributed by atoms with Crippen LogP contribution in [0.3, 0.4) is 0 Å². The molecule has 0 saturated heterocycles. The standard InChI is InChI=1S/C10H19NO4/c1-5-8(13)7(6-12)11-9(14)15-10(2,3)4/h5,7-8,12-13H,1,6H2,2-4H3,(H,11,14)/t7-,8-/m0/s1. The van der Waals surface area contributed by atoms with E-state index >= 15 is 0 Å². The first-order chi connectivity index (χ1) is 6.80. The van der Waals surface area contributed by atoms with Crippen molar-refractivity contribution in [3.63, 3.8) is 0 Å². The molecule has 0 fully saturated rings. The van der Waals surface area contributed by atoms with Crippen LogP contribution in [-0.2, 0) is 4.74 Å². The number of ether oxygens (including phenoxy) is 1. The van der Waals surface area contributed by atoms with Gasteiger partial charge in [-0.25, -0.2) is 4.79 Å². The number of aliphatic hydroxyl groups is 2. The van der Waals surface area contributed by atoms with Crippen LogP contribution in [0.1, 0.15) is 20.8 Å². The fraction of sp³-hybridized carbons (Fsp3) is 0.700. The predicted octanol–water partition coefficient (Wildman–Crippen LogP) is 0.419. The second kappa shape index (κ2) is 5.72. The summed E-state index contributed by atoms with van der Waals surface area (Å²) in [7, 11) is 0. The van der Waals surface area contributed by atoms with E-state index < -0.39 is 23.8 Å². The third kappa shape index (κ3) is 6.09. The SMILES string of the molecule is C=C[C@H](O)[C@H](CO)NC(=O)OC(C)(C)C. The predicted molar refractivity (Wildman–Crippen MR) is 56.4 cm³/mol. The average molecular weight is 217 g/mol. The van der Waals surface area contributed by atoms with E-state index in [0.717, 1.165) is 0 Å². The topological polar surface area (TPSA) is 78.8 Å². The molecule has 15 heavy (non-hydrogen) atoms. The number of nitrogens with one attached hydrogen (secondary N) is 1. The number of rotatable bonds is 4. The Morgan fingerprint density at radius 3 is 2.47 bits per heavy atom. The summed E-state index contributed by atoms with van der Waals surface area (Å²) in [5, 5.41) is 20.6. The van der Waals surface area contributed by atoms with Gasteiger partial charge >= 0.3 is 6.09 Å². The van der Waals surface area contributed by atoms with Crippen LogP contribution in [-0.4, -0.2) is 40.7 Å². The fourth-order valence-electron chi connectivity index (χ4n) is 0.862. The Balaban J connectivity index is 4.19. The van der Waals surface area contributed by atoms with Gasteiger partial charge in [0.2, 0.25) is 0 Å². The average Bonchev–Trinajstić information content (AvgIpc) is 2.10. The Morgan fingerprint density at radius 1 is 1.60 bits per heavy atom. The van der Waals surface area contributed by atoms with Crippen molar-refractivity contribution in [2.75, 3.05) is 6.61 Å². The van der Waals surface area contributed by atoms with Crippen molar-refractivity contribution in [1.29, 1.82) is 0 Å². The van der Waals surface area contributed by atoms with Gasteiger partial charge in [0.25, 0.3) is 0 Å². The van der Waals surface area contributed by atoms with Crippen LogP contribution in [0.15, 0.2) is 12.7 Å². The quantitative estimate of drug-likeness (QED) is 0.596. The molecule has 0 bridgehead atoms. The molecule has 0 aromatic rings. The highest BCUT2D eigenvalue weighted by atomic mass is 16.6. The Bertz CT molecular complexity index is 222. The first kappa shape index (κ1) is 13.9. The first-order valence-corrected chi connectivity index (χ1v) is 4.71. The van der Waals surface area contributed by atoms with Crippen molar-refractivity contribution in [2.24, 2.45) is 0 Å². The highest BCUT2D eigenvalue weighted by Crippen LogP contribution is 2.07. The number of carbonyl (C=O) groups is 1. The maximum absolute atomic E-state index is 11.3. The van der Waals surface area contributed by atoms with Gasteiger partial charge in [-0.15, -0.1) is 6.58 Å². The molecule has 0 aliphatic rings. The molecule has 0 radical (unpaired) electrons. The van der Waals surface area contributed by atoms with Crippen molar-refractivity contribution in [2.45, 2.75) is 38.5 Å². The summed E-state index contributed by atoms with van der Waals surface area (Å²) in [4.78, 5) is 11.3. The second-order valence-electron chi connectivity index (χ2n) is 4.16. The Hall–Kier alpha value is -1.07. The molecule has 3 N–H and O–H groups in total. The smallest absolute Gasteiger partial charge is 0.408 e. The lowest BCUT2D eigenvalue weighted by atomic mass is 10.2. The van der Waals surface area contributed by atoms with E-state index in [4.69, 9.17) is 9.84 Å². The van der Waals surface area contributed by atoms with E-state index in [-0.39, 0.29) is 6.61 Å².